The molecule has 0 aliphatic carbocycles. The van der Waals surface area contributed by atoms with Gasteiger partial charge < -0.3 is 19.7 Å². The van der Waals surface area contributed by atoms with E-state index in [2.05, 4.69) is 5.32 Å². The fourth-order valence-electron chi connectivity index (χ4n) is 3.40. The minimum atomic E-state index is -0.601. The zero-order chi connectivity index (χ0) is 23.0. The van der Waals surface area contributed by atoms with E-state index >= 15 is 0 Å². The van der Waals surface area contributed by atoms with Crippen molar-refractivity contribution in [1.82, 2.24) is 10.2 Å². The van der Waals surface area contributed by atoms with E-state index in [1.807, 2.05) is 52.0 Å². The van der Waals surface area contributed by atoms with Crippen molar-refractivity contribution in [1.29, 1.82) is 0 Å². The van der Waals surface area contributed by atoms with Gasteiger partial charge in [0, 0.05) is 18.1 Å². The van der Waals surface area contributed by atoms with E-state index in [1.165, 1.54) is 0 Å². The van der Waals surface area contributed by atoms with Crippen LogP contribution in [-0.4, -0.2) is 43.0 Å². The summed E-state index contributed by atoms with van der Waals surface area (Å²) in [5.74, 6) is 0.810. The molecule has 168 valence electrons. The van der Waals surface area contributed by atoms with Crippen LogP contribution in [0.5, 0.6) is 11.5 Å². The van der Waals surface area contributed by atoms with Crippen molar-refractivity contribution in [3.05, 3.63) is 58.1 Å². The number of methoxy groups -OCH3 is 1. The van der Waals surface area contributed by atoms with Crippen LogP contribution >= 0.6 is 11.6 Å². The molecule has 0 spiro atoms. The second-order valence-corrected chi connectivity index (χ2v) is 7.73. The Bertz CT molecular complexity index is 893. The SMILES string of the molecule is CCNC(=O)[C@H](CC)N(Cc1cccc(OC)c1)C(=O)COc1cc(C)c(Cl)c(C)c1. The van der Waals surface area contributed by atoms with E-state index in [-0.39, 0.29) is 25.0 Å². The number of hydrogen-bond donors (Lipinski definition) is 1. The molecule has 0 aromatic heterocycles. The molecule has 0 heterocycles. The number of aryl methyl sites for hydroxylation is 2. The average Bonchev–Trinajstić information content (AvgIpc) is 2.75. The van der Waals surface area contributed by atoms with E-state index in [4.69, 9.17) is 21.1 Å². The first-order chi connectivity index (χ1) is 14.8. The molecule has 0 aliphatic rings. The standard InChI is InChI=1S/C24H31ClN2O4/c1-6-21(24(29)26-7-2)27(14-18-9-8-10-19(13-18)30-5)22(28)15-31-20-11-16(3)23(25)17(4)12-20/h8-13,21H,6-7,14-15H2,1-5H3,(H,26,29)/t21-/m0/s1. The maximum absolute atomic E-state index is 13.2. The number of rotatable bonds is 10. The third-order valence-corrected chi connectivity index (χ3v) is 5.59. The third-order valence-electron chi connectivity index (χ3n) is 5.00. The molecule has 0 unspecified atom stereocenters. The summed E-state index contributed by atoms with van der Waals surface area (Å²) in [7, 11) is 1.59. The van der Waals surface area contributed by atoms with Gasteiger partial charge in [-0.3, -0.25) is 9.59 Å². The van der Waals surface area contributed by atoms with Gasteiger partial charge in [-0.1, -0.05) is 30.7 Å². The number of halogens is 1. The Labute approximate surface area is 189 Å². The van der Waals surface area contributed by atoms with Crippen molar-refractivity contribution in [2.24, 2.45) is 0 Å². The van der Waals surface area contributed by atoms with Gasteiger partial charge in [0.1, 0.15) is 17.5 Å². The monoisotopic (exact) mass is 446 g/mol. The van der Waals surface area contributed by atoms with E-state index < -0.39 is 6.04 Å². The minimum Gasteiger partial charge on any atom is -0.497 e. The minimum absolute atomic E-state index is 0.180. The fourth-order valence-corrected chi connectivity index (χ4v) is 3.51. The maximum atomic E-state index is 13.2. The van der Waals surface area contributed by atoms with Crippen LogP contribution in [0.2, 0.25) is 5.02 Å². The lowest BCUT2D eigenvalue weighted by molar-refractivity contribution is -0.142. The summed E-state index contributed by atoms with van der Waals surface area (Å²) in [6.45, 7) is 8.11. The lowest BCUT2D eigenvalue weighted by Crippen LogP contribution is -2.50. The van der Waals surface area contributed by atoms with Crippen LogP contribution in [0.25, 0.3) is 0 Å². The highest BCUT2D eigenvalue weighted by molar-refractivity contribution is 6.32. The number of nitrogens with zero attached hydrogens (tertiary/aromatic N) is 1. The molecule has 2 rings (SSSR count). The Hall–Kier alpha value is -2.73. The van der Waals surface area contributed by atoms with Gasteiger partial charge in [0.05, 0.1) is 7.11 Å². The van der Waals surface area contributed by atoms with Crippen LogP contribution in [0.4, 0.5) is 0 Å². The molecule has 0 fully saturated rings. The molecule has 2 aromatic rings. The fraction of sp³-hybridized carbons (Fsp3) is 0.417. The van der Waals surface area contributed by atoms with Crippen LogP contribution in [-0.2, 0) is 16.1 Å². The number of ether oxygens (including phenoxy) is 2. The zero-order valence-electron chi connectivity index (χ0n) is 18.8. The largest absolute Gasteiger partial charge is 0.497 e. The highest BCUT2D eigenvalue weighted by Gasteiger charge is 2.28. The molecular formula is C24H31ClN2O4. The first-order valence-electron chi connectivity index (χ1n) is 10.4. The highest BCUT2D eigenvalue weighted by atomic mass is 35.5. The van der Waals surface area contributed by atoms with Crippen LogP contribution in [0.1, 0.15) is 37.0 Å². The molecule has 7 heteroatoms. The van der Waals surface area contributed by atoms with E-state index in [1.54, 1.807) is 24.1 Å². The molecule has 0 radical (unpaired) electrons. The highest BCUT2D eigenvalue weighted by Crippen LogP contribution is 2.26. The zero-order valence-corrected chi connectivity index (χ0v) is 19.6. The topological polar surface area (TPSA) is 67.9 Å². The molecular weight excluding hydrogens is 416 g/mol. The molecule has 6 nitrogen and oxygen atoms in total. The summed E-state index contributed by atoms with van der Waals surface area (Å²) in [5, 5.41) is 3.50. The smallest absolute Gasteiger partial charge is 0.261 e. The second-order valence-electron chi connectivity index (χ2n) is 7.35. The van der Waals surface area contributed by atoms with Gasteiger partial charge >= 0.3 is 0 Å². The quantitative estimate of drug-likeness (QED) is 0.591. The van der Waals surface area contributed by atoms with Gasteiger partial charge in [0.15, 0.2) is 6.61 Å². The Morgan fingerprint density at radius 1 is 1.10 bits per heavy atom. The first kappa shape index (κ1) is 24.5. The van der Waals surface area contributed by atoms with E-state index in [0.29, 0.717) is 29.5 Å². The Kier molecular flexibility index (Phi) is 9.19. The van der Waals surface area contributed by atoms with Gasteiger partial charge in [-0.15, -0.1) is 0 Å². The van der Waals surface area contributed by atoms with Gasteiger partial charge in [-0.05, 0) is 68.1 Å². The van der Waals surface area contributed by atoms with Crippen molar-refractivity contribution in [3.63, 3.8) is 0 Å². The molecule has 2 aromatic carbocycles. The van der Waals surface area contributed by atoms with Crippen LogP contribution in [0.15, 0.2) is 36.4 Å². The molecule has 31 heavy (non-hydrogen) atoms. The third kappa shape index (κ3) is 6.62. The summed E-state index contributed by atoms with van der Waals surface area (Å²) in [6, 6.07) is 10.5. The summed E-state index contributed by atoms with van der Waals surface area (Å²) < 4.78 is 11.1. The average molecular weight is 447 g/mol. The number of carbonyl (C=O) groups is 2. The number of benzene rings is 2. The summed E-state index contributed by atoms with van der Waals surface area (Å²) in [5.41, 5.74) is 2.63. The lowest BCUT2D eigenvalue weighted by atomic mass is 10.1. The number of hydrogen-bond acceptors (Lipinski definition) is 4. The summed E-state index contributed by atoms with van der Waals surface area (Å²) >= 11 is 6.22. The molecule has 1 N–H and O–H groups in total. The van der Waals surface area contributed by atoms with Crippen molar-refractivity contribution >= 4 is 23.4 Å². The molecule has 0 saturated carbocycles. The van der Waals surface area contributed by atoms with Gasteiger partial charge in [-0.2, -0.15) is 0 Å². The van der Waals surface area contributed by atoms with Crippen LogP contribution in [0, 0.1) is 13.8 Å². The lowest BCUT2D eigenvalue weighted by Gasteiger charge is -2.30. The van der Waals surface area contributed by atoms with E-state index in [9.17, 15) is 9.59 Å². The van der Waals surface area contributed by atoms with Crippen molar-refractivity contribution in [2.75, 3.05) is 20.3 Å². The second kappa shape index (κ2) is 11.6. The molecule has 1 atom stereocenters. The number of carbonyl (C=O) groups excluding carboxylic acids is 2. The predicted molar refractivity (Wildman–Crippen MR) is 123 cm³/mol. The molecule has 0 aliphatic heterocycles. The summed E-state index contributed by atoms with van der Waals surface area (Å²) in [4.78, 5) is 27.4. The molecule has 2 amide bonds. The Morgan fingerprint density at radius 2 is 1.77 bits per heavy atom. The van der Waals surface area contributed by atoms with Crippen molar-refractivity contribution in [3.8, 4) is 11.5 Å². The Morgan fingerprint density at radius 3 is 2.35 bits per heavy atom. The van der Waals surface area contributed by atoms with Crippen LogP contribution in [0.3, 0.4) is 0 Å². The van der Waals surface area contributed by atoms with Crippen molar-refractivity contribution in [2.45, 2.75) is 46.7 Å². The van der Waals surface area contributed by atoms with Crippen LogP contribution < -0.4 is 14.8 Å². The van der Waals surface area contributed by atoms with Gasteiger partial charge in [0.2, 0.25) is 5.91 Å². The summed E-state index contributed by atoms with van der Waals surface area (Å²) in [6.07, 6.45) is 0.487. The normalized spacial score (nSPS) is 11.5. The van der Waals surface area contributed by atoms with Gasteiger partial charge in [0.25, 0.3) is 5.91 Å². The van der Waals surface area contributed by atoms with E-state index in [0.717, 1.165) is 16.7 Å². The van der Waals surface area contributed by atoms with Crippen molar-refractivity contribution < 1.29 is 19.1 Å². The number of likely N-dealkylation sites (N-methyl/N-ethyl adjacent to an activating group) is 1. The molecule has 0 bridgehead atoms. The maximum Gasteiger partial charge on any atom is 0.261 e. The predicted octanol–water partition coefficient (Wildman–Crippen LogP) is 4.29. The molecule has 0 saturated heterocycles. The first-order valence-corrected chi connectivity index (χ1v) is 10.8. The Balaban J connectivity index is 2.25. The van der Waals surface area contributed by atoms with Gasteiger partial charge in [-0.25, -0.2) is 0 Å². The number of nitrogens with one attached hydrogen (secondary N) is 1. The number of amides is 2.